The number of fused-ring (bicyclic) bond motifs is 1. The first kappa shape index (κ1) is 12.2. The van der Waals surface area contributed by atoms with Crippen molar-refractivity contribution in [2.24, 2.45) is 0 Å². The third-order valence-corrected chi connectivity index (χ3v) is 2.48. The van der Waals surface area contributed by atoms with Crippen LogP contribution in [0.5, 0.6) is 0 Å². The van der Waals surface area contributed by atoms with E-state index in [9.17, 15) is 9.59 Å². The average Bonchev–Trinajstić information content (AvgIpc) is 2.68. The summed E-state index contributed by atoms with van der Waals surface area (Å²) in [5.41, 5.74) is 1.15. The summed E-state index contributed by atoms with van der Waals surface area (Å²) in [7, 11) is 0. The number of carbonyl (C=O) groups excluding carboxylic acids is 2. The van der Waals surface area contributed by atoms with Crippen molar-refractivity contribution in [2.45, 2.75) is 13.8 Å². The molecule has 0 fully saturated rings. The highest BCUT2D eigenvalue weighted by molar-refractivity contribution is 6.00. The van der Waals surface area contributed by atoms with Crippen LogP contribution in [0.15, 0.2) is 30.5 Å². The quantitative estimate of drug-likeness (QED) is 0.843. The maximum absolute atomic E-state index is 11.8. The number of nitrogens with zero attached hydrogens (tertiary/aromatic N) is 1. The molecule has 2 heterocycles. The van der Waals surface area contributed by atoms with Gasteiger partial charge in [-0.3, -0.25) is 4.79 Å². The minimum Gasteiger partial charge on any atom is -0.462 e. The summed E-state index contributed by atoms with van der Waals surface area (Å²) in [5.74, 6) is -0.0207. The van der Waals surface area contributed by atoms with Crippen LogP contribution in [-0.4, -0.2) is 22.9 Å². The van der Waals surface area contributed by atoms with Gasteiger partial charge >= 0.3 is 5.97 Å². The molecular formula is C13H14N2O3. The van der Waals surface area contributed by atoms with E-state index in [4.69, 9.17) is 4.74 Å². The predicted molar refractivity (Wildman–Crippen MR) is 67.7 cm³/mol. The van der Waals surface area contributed by atoms with E-state index >= 15 is 0 Å². The molecule has 2 aromatic rings. The maximum atomic E-state index is 11.8. The van der Waals surface area contributed by atoms with Crippen LogP contribution in [0.1, 0.15) is 24.2 Å². The van der Waals surface area contributed by atoms with Crippen molar-refractivity contribution < 1.29 is 14.3 Å². The van der Waals surface area contributed by atoms with Crippen LogP contribution < -0.4 is 5.32 Å². The topological polar surface area (TPSA) is 59.8 Å². The van der Waals surface area contributed by atoms with Gasteiger partial charge in [-0.2, -0.15) is 0 Å². The van der Waals surface area contributed by atoms with E-state index in [1.807, 2.05) is 12.1 Å². The van der Waals surface area contributed by atoms with Gasteiger partial charge in [0.2, 0.25) is 5.91 Å². The zero-order valence-corrected chi connectivity index (χ0v) is 10.3. The standard InChI is InChI=1S/C13H14N2O3/c1-3-18-13(17)10-8-12(14-9(2)16)15-7-5-4-6-11(10)15/h4-8H,3H2,1-2H3,(H,14,16). The number of hydrogen-bond acceptors (Lipinski definition) is 3. The second kappa shape index (κ2) is 4.91. The lowest BCUT2D eigenvalue weighted by molar-refractivity contribution is -0.114. The fourth-order valence-corrected chi connectivity index (χ4v) is 1.80. The van der Waals surface area contributed by atoms with Crippen molar-refractivity contribution >= 4 is 23.2 Å². The summed E-state index contributed by atoms with van der Waals surface area (Å²) in [6.45, 7) is 3.50. The van der Waals surface area contributed by atoms with Gasteiger partial charge in [-0.15, -0.1) is 0 Å². The molecule has 0 aliphatic rings. The largest absolute Gasteiger partial charge is 0.462 e. The molecule has 5 heteroatoms. The van der Waals surface area contributed by atoms with E-state index in [1.165, 1.54) is 6.92 Å². The van der Waals surface area contributed by atoms with Gasteiger partial charge in [0.05, 0.1) is 17.7 Å². The third kappa shape index (κ3) is 2.20. The molecule has 1 N–H and O–H groups in total. The highest BCUT2D eigenvalue weighted by Crippen LogP contribution is 2.21. The summed E-state index contributed by atoms with van der Waals surface area (Å²) in [6, 6.07) is 7.08. The number of carbonyl (C=O) groups is 2. The molecule has 0 spiro atoms. The molecule has 0 aromatic carbocycles. The number of nitrogens with one attached hydrogen (secondary N) is 1. The van der Waals surface area contributed by atoms with Crippen LogP contribution in [-0.2, 0) is 9.53 Å². The highest BCUT2D eigenvalue weighted by Gasteiger charge is 2.16. The first-order chi connectivity index (χ1) is 8.63. The minimum absolute atomic E-state index is 0.186. The summed E-state index contributed by atoms with van der Waals surface area (Å²) in [4.78, 5) is 22.9. The molecule has 0 aliphatic carbocycles. The number of pyridine rings is 1. The molecule has 0 aliphatic heterocycles. The van der Waals surface area contributed by atoms with E-state index in [-0.39, 0.29) is 5.91 Å². The van der Waals surface area contributed by atoms with Crippen molar-refractivity contribution in [3.05, 3.63) is 36.0 Å². The molecule has 5 nitrogen and oxygen atoms in total. The zero-order chi connectivity index (χ0) is 13.1. The summed E-state index contributed by atoms with van der Waals surface area (Å²) < 4.78 is 6.73. The van der Waals surface area contributed by atoms with Crippen LogP contribution in [0.25, 0.3) is 5.52 Å². The van der Waals surface area contributed by atoms with E-state index in [0.29, 0.717) is 23.5 Å². The van der Waals surface area contributed by atoms with Crippen LogP contribution in [0.3, 0.4) is 0 Å². The van der Waals surface area contributed by atoms with Crippen molar-refractivity contribution in [1.29, 1.82) is 0 Å². The lowest BCUT2D eigenvalue weighted by Crippen LogP contribution is -2.07. The Hall–Kier alpha value is -2.30. The molecule has 0 unspecified atom stereocenters. The number of amides is 1. The molecule has 0 saturated carbocycles. The van der Waals surface area contributed by atoms with Crippen molar-refractivity contribution in [2.75, 3.05) is 11.9 Å². The Labute approximate surface area is 104 Å². The summed E-state index contributed by atoms with van der Waals surface area (Å²) in [5, 5.41) is 2.68. The third-order valence-electron chi connectivity index (χ3n) is 2.48. The number of esters is 1. The number of ether oxygens (including phenoxy) is 1. The van der Waals surface area contributed by atoms with Crippen LogP contribution in [0.4, 0.5) is 5.82 Å². The second-order valence-corrected chi connectivity index (χ2v) is 3.80. The maximum Gasteiger partial charge on any atom is 0.340 e. The molecule has 1 amide bonds. The van der Waals surface area contributed by atoms with Gasteiger partial charge in [-0.05, 0) is 25.1 Å². The molecule has 0 atom stereocenters. The summed E-state index contributed by atoms with van der Waals surface area (Å²) in [6.07, 6.45) is 1.78. The number of anilines is 1. The van der Waals surface area contributed by atoms with Crippen molar-refractivity contribution in [3.63, 3.8) is 0 Å². The second-order valence-electron chi connectivity index (χ2n) is 3.80. The lowest BCUT2D eigenvalue weighted by Gasteiger charge is -2.02. The Balaban J connectivity index is 2.53. The predicted octanol–water partition coefficient (Wildman–Crippen LogP) is 2.07. The van der Waals surface area contributed by atoms with Gasteiger partial charge in [-0.1, -0.05) is 6.07 Å². The normalized spacial score (nSPS) is 10.3. The molecular weight excluding hydrogens is 232 g/mol. The van der Waals surface area contributed by atoms with Gasteiger partial charge in [-0.25, -0.2) is 4.79 Å². The van der Waals surface area contributed by atoms with E-state index in [2.05, 4.69) is 5.32 Å². The van der Waals surface area contributed by atoms with Gasteiger partial charge in [0, 0.05) is 13.1 Å². The molecule has 2 rings (SSSR count). The first-order valence-corrected chi connectivity index (χ1v) is 5.68. The monoisotopic (exact) mass is 246 g/mol. The van der Waals surface area contributed by atoms with Crippen LogP contribution in [0, 0.1) is 0 Å². The molecule has 0 radical (unpaired) electrons. The van der Waals surface area contributed by atoms with Gasteiger partial charge in [0.25, 0.3) is 0 Å². The van der Waals surface area contributed by atoms with Gasteiger partial charge < -0.3 is 14.5 Å². The molecule has 94 valence electrons. The number of rotatable bonds is 3. The Morgan fingerprint density at radius 3 is 2.83 bits per heavy atom. The Bertz CT molecular complexity index is 601. The van der Waals surface area contributed by atoms with Gasteiger partial charge in [0.15, 0.2) is 0 Å². The molecule has 2 aromatic heterocycles. The summed E-state index contributed by atoms with van der Waals surface area (Å²) >= 11 is 0. The highest BCUT2D eigenvalue weighted by atomic mass is 16.5. The van der Waals surface area contributed by atoms with Crippen molar-refractivity contribution in [1.82, 2.24) is 4.40 Å². The molecule has 18 heavy (non-hydrogen) atoms. The van der Waals surface area contributed by atoms with E-state index in [1.54, 1.807) is 29.7 Å². The van der Waals surface area contributed by atoms with Gasteiger partial charge in [0.1, 0.15) is 5.82 Å². The minimum atomic E-state index is -0.391. The van der Waals surface area contributed by atoms with Crippen LogP contribution in [0.2, 0.25) is 0 Å². The average molecular weight is 246 g/mol. The van der Waals surface area contributed by atoms with E-state index in [0.717, 1.165) is 0 Å². The van der Waals surface area contributed by atoms with E-state index < -0.39 is 5.97 Å². The van der Waals surface area contributed by atoms with Crippen LogP contribution >= 0.6 is 0 Å². The molecule has 0 saturated heterocycles. The smallest absolute Gasteiger partial charge is 0.340 e. The zero-order valence-electron chi connectivity index (χ0n) is 10.3. The Morgan fingerprint density at radius 2 is 2.17 bits per heavy atom. The number of hydrogen-bond donors (Lipinski definition) is 1. The fourth-order valence-electron chi connectivity index (χ4n) is 1.80. The Morgan fingerprint density at radius 1 is 1.39 bits per heavy atom. The van der Waals surface area contributed by atoms with Crippen molar-refractivity contribution in [3.8, 4) is 0 Å². The number of aromatic nitrogens is 1. The Kier molecular flexibility index (Phi) is 3.32. The molecule has 0 bridgehead atoms. The lowest BCUT2D eigenvalue weighted by atomic mass is 10.2. The SMILES string of the molecule is CCOC(=O)c1cc(NC(C)=O)n2ccccc12. The first-order valence-electron chi connectivity index (χ1n) is 5.68. The fraction of sp³-hybridized carbons (Fsp3) is 0.231.